The number of hydrogen-bond donors (Lipinski definition) is 2. The minimum atomic E-state index is -4.18. The van der Waals surface area contributed by atoms with Crippen LogP contribution in [0.15, 0.2) is 0 Å². The maximum atomic E-state index is 11.8. The van der Waals surface area contributed by atoms with Gasteiger partial charge in [0.1, 0.15) is 0 Å². The van der Waals surface area contributed by atoms with Gasteiger partial charge in [-0.15, -0.1) is 0 Å². The highest BCUT2D eigenvalue weighted by molar-refractivity contribution is 4.92. The van der Waals surface area contributed by atoms with Gasteiger partial charge in [-0.25, -0.2) is 0 Å². The fourth-order valence-electron chi connectivity index (χ4n) is 1.34. The molecule has 0 aliphatic heterocycles. The van der Waals surface area contributed by atoms with E-state index < -0.39 is 18.1 Å². The van der Waals surface area contributed by atoms with E-state index in [0.29, 0.717) is 6.04 Å². The Morgan fingerprint density at radius 3 is 2.44 bits per heavy atom. The number of hydrogen-bond acceptors (Lipinski definition) is 3. The van der Waals surface area contributed by atoms with Gasteiger partial charge >= 0.3 is 6.18 Å². The van der Waals surface area contributed by atoms with Crippen molar-refractivity contribution >= 4 is 0 Å². The van der Waals surface area contributed by atoms with Gasteiger partial charge in [0.2, 0.25) is 0 Å². The number of halogens is 3. The van der Waals surface area contributed by atoms with Gasteiger partial charge in [0.05, 0.1) is 31.8 Å². The van der Waals surface area contributed by atoms with E-state index in [-0.39, 0.29) is 19.8 Å². The van der Waals surface area contributed by atoms with E-state index in [0.717, 1.165) is 12.8 Å². The first-order valence-electron chi connectivity index (χ1n) is 5.38. The molecule has 1 saturated carbocycles. The molecule has 2 N–H and O–H groups in total. The lowest BCUT2D eigenvalue weighted by Crippen LogP contribution is -2.50. The molecular weight excluding hydrogens is 223 g/mol. The molecule has 0 amide bonds. The Kier molecular flexibility index (Phi) is 4.58. The van der Waals surface area contributed by atoms with Crippen LogP contribution in [-0.2, 0) is 4.74 Å². The van der Waals surface area contributed by atoms with Crippen LogP contribution in [0, 0.1) is 0 Å². The molecule has 1 atom stereocenters. The van der Waals surface area contributed by atoms with Gasteiger partial charge in [0.15, 0.2) is 0 Å². The van der Waals surface area contributed by atoms with Gasteiger partial charge in [-0.3, -0.25) is 0 Å². The van der Waals surface area contributed by atoms with Crippen LogP contribution in [0.3, 0.4) is 0 Å². The van der Waals surface area contributed by atoms with Crippen molar-refractivity contribution in [3.63, 3.8) is 0 Å². The molecule has 0 bridgehead atoms. The van der Waals surface area contributed by atoms with E-state index in [2.05, 4.69) is 5.32 Å². The first kappa shape index (κ1) is 13.7. The third kappa shape index (κ3) is 5.67. The molecule has 16 heavy (non-hydrogen) atoms. The maximum Gasteiger partial charge on any atom is 0.391 e. The molecule has 1 unspecified atom stereocenters. The summed E-state index contributed by atoms with van der Waals surface area (Å²) in [5.41, 5.74) is -0.632. The summed E-state index contributed by atoms with van der Waals surface area (Å²) < 4.78 is 40.4. The minimum Gasteiger partial charge on any atom is -0.394 e. The predicted molar refractivity (Wildman–Crippen MR) is 53.1 cm³/mol. The van der Waals surface area contributed by atoms with E-state index in [1.165, 1.54) is 0 Å². The summed E-state index contributed by atoms with van der Waals surface area (Å²) in [4.78, 5) is 0. The number of alkyl halides is 3. The lowest BCUT2D eigenvalue weighted by molar-refractivity contribution is -0.147. The van der Waals surface area contributed by atoms with Crippen LogP contribution in [0.25, 0.3) is 0 Å². The van der Waals surface area contributed by atoms with Gasteiger partial charge in [-0.05, 0) is 19.8 Å². The summed E-state index contributed by atoms with van der Waals surface area (Å²) in [6.07, 6.45) is -3.02. The Morgan fingerprint density at radius 2 is 2.00 bits per heavy atom. The molecule has 1 aliphatic carbocycles. The highest BCUT2D eigenvalue weighted by Crippen LogP contribution is 2.23. The summed E-state index contributed by atoms with van der Waals surface area (Å²) in [6, 6.07) is 0.378. The van der Waals surface area contributed by atoms with Crippen molar-refractivity contribution in [3.05, 3.63) is 0 Å². The second kappa shape index (κ2) is 5.33. The molecule has 96 valence electrons. The van der Waals surface area contributed by atoms with Crippen LogP contribution in [0.5, 0.6) is 0 Å². The Bertz CT molecular complexity index is 219. The number of rotatable bonds is 7. The molecule has 1 rings (SSSR count). The van der Waals surface area contributed by atoms with Gasteiger partial charge in [0, 0.05) is 6.04 Å². The van der Waals surface area contributed by atoms with Crippen LogP contribution in [0.4, 0.5) is 13.2 Å². The fraction of sp³-hybridized carbons (Fsp3) is 1.00. The first-order valence-corrected chi connectivity index (χ1v) is 5.38. The predicted octanol–water partition coefficient (Wildman–Crippen LogP) is 1.46. The zero-order chi connectivity index (χ0) is 12.2. The quantitative estimate of drug-likeness (QED) is 0.663. The molecule has 0 aromatic heterocycles. The molecule has 0 saturated heterocycles. The smallest absolute Gasteiger partial charge is 0.391 e. The van der Waals surface area contributed by atoms with Crippen LogP contribution in [0.1, 0.15) is 26.2 Å². The lowest BCUT2D eigenvalue weighted by Gasteiger charge is -2.28. The van der Waals surface area contributed by atoms with Crippen molar-refractivity contribution in [1.82, 2.24) is 5.32 Å². The third-order valence-corrected chi connectivity index (χ3v) is 2.43. The highest BCUT2D eigenvalue weighted by atomic mass is 19.4. The van der Waals surface area contributed by atoms with Gasteiger partial charge in [-0.1, -0.05) is 0 Å². The zero-order valence-electron chi connectivity index (χ0n) is 9.31. The molecular formula is C10H18F3NO2. The molecule has 0 heterocycles. The summed E-state index contributed by atoms with van der Waals surface area (Å²) in [5, 5.41) is 12.3. The highest BCUT2D eigenvalue weighted by Gasteiger charge is 2.33. The third-order valence-electron chi connectivity index (χ3n) is 2.43. The molecule has 6 heteroatoms. The summed E-state index contributed by atoms with van der Waals surface area (Å²) >= 11 is 0. The molecule has 1 fully saturated rings. The number of nitrogens with one attached hydrogen (secondary N) is 1. The van der Waals surface area contributed by atoms with Crippen molar-refractivity contribution < 1.29 is 23.0 Å². The summed E-state index contributed by atoms with van der Waals surface area (Å²) in [7, 11) is 0. The maximum absolute atomic E-state index is 11.8. The van der Waals surface area contributed by atoms with Crippen LogP contribution >= 0.6 is 0 Å². The SMILES string of the molecule is CC(CO)(COCCC(F)(F)F)NC1CC1. The summed E-state index contributed by atoms with van der Waals surface area (Å²) in [6.45, 7) is 1.34. The molecule has 3 nitrogen and oxygen atoms in total. The van der Waals surface area contributed by atoms with E-state index in [1.54, 1.807) is 6.92 Å². The van der Waals surface area contributed by atoms with Crippen molar-refractivity contribution in [1.29, 1.82) is 0 Å². The van der Waals surface area contributed by atoms with Crippen LogP contribution in [-0.4, -0.2) is 42.7 Å². The van der Waals surface area contributed by atoms with Crippen molar-refractivity contribution in [2.75, 3.05) is 19.8 Å². The van der Waals surface area contributed by atoms with E-state index in [1.807, 2.05) is 0 Å². The Hall–Kier alpha value is -0.330. The average Bonchev–Trinajstić information content (AvgIpc) is 2.95. The fourth-order valence-corrected chi connectivity index (χ4v) is 1.34. The molecule has 1 aliphatic rings. The average molecular weight is 241 g/mol. The second-order valence-electron chi connectivity index (χ2n) is 4.56. The Morgan fingerprint density at radius 1 is 1.38 bits per heavy atom. The second-order valence-corrected chi connectivity index (χ2v) is 4.56. The van der Waals surface area contributed by atoms with E-state index >= 15 is 0 Å². The van der Waals surface area contributed by atoms with Crippen LogP contribution < -0.4 is 5.32 Å². The topological polar surface area (TPSA) is 41.5 Å². The minimum absolute atomic E-state index is 0.0933. The number of aliphatic hydroxyl groups is 1. The summed E-state index contributed by atoms with van der Waals surface area (Å²) in [5.74, 6) is 0. The van der Waals surface area contributed by atoms with Crippen molar-refractivity contribution in [2.45, 2.75) is 43.9 Å². The Balaban J connectivity index is 2.17. The Labute approximate surface area is 93.0 Å². The van der Waals surface area contributed by atoms with Gasteiger partial charge in [-0.2, -0.15) is 13.2 Å². The van der Waals surface area contributed by atoms with Crippen LogP contribution in [0.2, 0.25) is 0 Å². The van der Waals surface area contributed by atoms with E-state index in [9.17, 15) is 13.2 Å². The molecule has 0 radical (unpaired) electrons. The normalized spacial score (nSPS) is 20.8. The van der Waals surface area contributed by atoms with Gasteiger partial charge < -0.3 is 15.2 Å². The monoisotopic (exact) mass is 241 g/mol. The van der Waals surface area contributed by atoms with Gasteiger partial charge in [0.25, 0.3) is 0 Å². The van der Waals surface area contributed by atoms with E-state index in [4.69, 9.17) is 9.84 Å². The first-order chi connectivity index (χ1) is 7.35. The molecule has 0 aromatic rings. The largest absolute Gasteiger partial charge is 0.394 e. The molecule has 0 aromatic carbocycles. The van der Waals surface area contributed by atoms with Crippen molar-refractivity contribution in [3.8, 4) is 0 Å². The number of aliphatic hydroxyl groups excluding tert-OH is 1. The standard InChI is InChI=1S/C10H18F3NO2/c1-9(6-15,14-8-2-3-8)7-16-5-4-10(11,12)13/h8,14-15H,2-7H2,1H3. The molecule has 0 spiro atoms. The zero-order valence-corrected chi connectivity index (χ0v) is 9.31. The van der Waals surface area contributed by atoms with Crippen molar-refractivity contribution in [2.24, 2.45) is 0 Å². The lowest BCUT2D eigenvalue weighted by atomic mass is 10.1. The number of ether oxygens (including phenoxy) is 1.